The molecule has 0 aliphatic heterocycles. The van der Waals surface area contributed by atoms with Gasteiger partial charge in [-0.25, -0.2) is 0 Å². The fourth-order valence-corrected chi connectivity index (χ4v) is 3.31. The van der Waals surface area contributed by atoms with Crippen molar-refractivity contribution in [2.75, 3.05) is 6.54 Å². The van der Waals surface area contributed by atoms with Gasteiger partial charge in [-0.3, -0.25) is 4.79 Å². The molecule has 3 heteroatoms. The van der Waals surface area contributed by atoms with Gasteiger partial charge in [-0.15, -0.1) is 0 Å². The van der Waals surface area contributed by atoms with E-state index in [1.54, 1.807) is 0 Å². The summed E-state index contributed by atoms with van der Waals surface area (Å²) in [5.74, 6) is 0.773. The molecule has 2 saturated carbocycles. The van der Waals surface area contributed by atoms with Gasteiger partial charge in [-0.1, -0.05) is 27.2 Å². The molecule has 0 aromatic rings. The lowest BCUT2D eigenvalue weighted by atomic mass is 9.65. The maximum atomic E-state index is 11.7. The summed E-state index contributed by atoms with van der Waals surface area (Å²) >= 11 is 0. The van der Waals surface area contributed by atoms with Crippen molar-refractivity contribution >= 4 is 5.97 Å². The van der Waals surface area contributed by atoms with Gasteiger partial charge in [0, 0.05) is 0 Å². The topological polar surface area (TPSA) is 49.3 Å². The van der Waals surface area contributed by atoms with Gasteiger partial charge in [0.15, 0.2) is 0 Å². The highest BCUT2D eigenvalue weighted by Gasteiger charge is 2.45. The second-order valence-electron chi connectivity index (χ2n) is 7.33. The van der Waals surface area contributed by atoms with Gasteiger partial charge in [0.2, 0.25) is 0 Å². The molecule has 0 amide bonds. The van der Waals surface area contributed by atoms with Crippen molar-refractivity contribution in [2.45, 2.75) is 71.3 Å². The van der Waals surface area contributed by atoms with Crippen molar-refractivity contribution in [3.05, 3.63) is 0 Å². The van der Waals surface area contributed by atoms with Crippen LogP contribution in [0.5, 0.6) is 0 Å². The number of aliphatic carboxylic acids is 1. The third-order valence-corrected chi connectivity index (χ3v) is 5.69. The van der Waals surface area contributed by atoms with Crippen LogP contribution in [0.15, 0.2) is 0 Å². The van der Waals surface area contributed by atoms with Crippen molar-refractivity contribution in [3.8, 4) is 0 Å². The zero-order valence-electron chi connectivity index (χ0n) is 12.7. The molecule has 2 N–H and O–H groups in total. The number of hydrogen-bond donors (Lipinski definition) is 2. The quantitative estimate of drug-likeness (QED) is 0.775. The van der Waals surface area contributed by atoms with Gasteiger partial charge >= 0.3 is 5.97 Å². The SMILES string of the molecule is CCC(C)(C)C1CCC(NCC2CC2)(C(=O)O)CC1. The highest BCUT2D eigenvalue weighted by atomic mass is 16.4. The molecule has 0 aromatic heterocycles. The summed E-state index contributed by atoms with van der Waals surface area (Å²) < 4.78 is 0. The maximum Gasteiger partial charge on any atom is 0.323 e. The van der Waals surface area contributed by atoms with E-state index in [1.807, 2.05) is 0 Å². The molecule has 0 saturated heterocycles. The van der Waals surface area contributed by atoms with Crippen LogP contribution in [-0.2, 0) is 4.79 Å². The molecular formula is C16H29NO2. The monoisotopic (exact) mass is 267 g/mol. The second kappa shape index (κ2) is 5.43. The Hall–Kier alpha value is -0.570. The molecule has 0 radical (unpaired) electrons. The Morgan fingerprint density at radius 2 is 1.84 bits per heavy atom. The molecule has 0 spiro atoms. The fourth-order valence-electron chi connectivity index (χ4n) is 3.31. The van der Waals surface area contributed by atoms with E-state index in [0.29, 0.717) is 11.3 Å². The van der Waals surface area contributed by atoms with Crippen LogP contribution in [0, 0.1) is 17.3 Å². The number of carbonyl (C=O) groups is 1. The van der Waals surface area contributed by atoms with Crippen LogP contribution in [0.25, 0.3) is 0 Å². The molecule has 3 nitrogen and oxygen atoms in total. The van der Waals surface area contributed by atoms with E-state index < -0.39 is 11.5 Å². The average molecular weight is 267 g/mol. The predicted octanol–water partition coefficient (Wildman–Crippen LogP) is 3.44. The van der Waals surface area contributed by atoms with Gasteiger partial charge in [0.25, 0.3) is 0 Å². The van der Waals surface area contributed by atoms with E-state index in [1.165, 1.54) is 19.3 Å². The first kappa shape index (κ1) is 14.8. The van der Waals surface area contributed by atoms with Gasteiger partial charge < -0.3 is 10.4 Å². The van der Waals surface area contributed by atoms with Crippen molar-refractivity contribution in [3.63, 3.8) is 0 Å². The molecule has 19 heavy (non-hydrogen) atoms. The first-order valence-electron chi connectivity index (χ1n) is 7.88. The minimum atomic E-state index is -0.638. The summed E-state index contributed by atoms with van der Waals surface area (Å²) in [6.45, 7) is 7.78. The molecule has 110 valence electrons. The van der Waals surface area contributed by atoms with Gasteiger partial charge in [0.05, 0.1) is 0 Å². The molecular weight excluding hydrogens is 238 g/mol. The molecule has 0 heterocycles. The normalized spacial score (nSPS) is 32.3. The number of carboxylic acids is 1. The predicted molar refractivity (Wildman–Crippen MR) is 77.1 cm³/mol. The lowest BCUT2D eigenvalue weighted by molar-refractivity contribution is -0.147. The standard InChI is InChI=1S/C16H29NO2/c1-4-15(2,3)13-7-9-16(10-8-13,14(18)19)17-11-12-5-6-12/h12-13,17H,4-11H2,1-3H3,(H,18,19). The summed E-state index contributed by atoms with van der Waals surface area (Å²) in [6.07, 6.45) is 7.40. The molecule has 2 aliphatic rings. The lowest BCUT2D eigenvalue weighted by Gasteiger charge is -2.43. The van der Waals surface area contributed by atoms with E-state index in [2.05, 4.69) is 26.1 Å². The Morgan fingerprint density at radius 3 is 2.26 bits per heavy atom. The van der Waals surface area contributed by atoms with E-state index in [0.717, 1.165) is 38.1 Å². The van der Waals surface area contributed by atoms with Crippen molar-refractivity contribution in [1.29, 1.82) is 0 Å². The Morgan fingerprint density at radius 1 is 1.26 bits per heavy atom. The van der Waals surface area contributed by atoms with Gasteiger partial charge in [-0.2, -0.15) is 0 Å². The van der Waals surface area contributed by atoms with Crippen LogP contribution in [0.3, 0.4) is 0 Å². The highest BCUT2D eigenvalue weighted by molar-refractivity contribution is 5.79. The zero-order chi connectivity index (χ0) is 14.1. The molecule has 0 atom stereocenters. The zero-order valence-corrected chi connectivity index (χ0v) is 12.7. The van der Waals surface area contributed by atoms with E-state index in [4.69, 9.17) is 0 Å². The van der Waals surface area contributed by atoms with Gasteiger partial charge in [-0.05, 0) is 62.3 Å². The Bertz CT molecular complexity index is 326. The molecule has 0 bridgehead atoms. The minimum Gasteiger partial charge on any atom is -0.480 e. The molecule has 2 rings (SSSR count). The van der Waals surface area contributed by atoms with Crippen molar-refractivity contribution in [2.24, 2.45) is 17.3 Å². The Labute approximate surface area is 117 Å². The largest absolute Gasteiger partial charge is 0.480 e. The Kier molecular flexibility index (Phi) is 4.24. The molecule has 2 aliphatic carbocycles. The van der Waals surface area contributed by atoms with Crippen LogP contribution < -0.4 is 5.32 Å². The number of rotatable bonds is 6. The number of carboxylic acid groups (broad SMARTS) is 1. The molecule has 2 fully saturated rings. The minimum absolute atomic E-state index is 0.348. The smallest absolute Gasteiger partial charge is 0.323 e. The van der Waals surface area contributed by atoms with Crippen LogP contribution in [-0.4, -0.2) is 23.2 Å². The first-order valence-corrected chi connectivity index (χ1v) is 7.88. The molecule has 0 unspecified atom stereocenters. The van der Waals surface area contributed by atoms with Crippen molar-refractivity contribution in [1.82, 2.24) is 5.32 Å². The maximum absolute atomic E-state index is 11.7. The van der Waals surface area contributed by atoms with E-state index in [9.17, 15) is 9.90 Å². The summed E-state index contributed by atoms with van der Waals surface area (Å²) in [4.78, 5) is 11.7. The van der Waals surface area contributed by atoms with Gasteiger partial charge in [0.1, 0.15) is 5.54 Å². The number of hydrogen-bond acceptors (Lipinski definition) is 2. The summed E-state index contributed by atoms with van der Waals surface area (Å²) in [6, 6.07) is 0. The third kappa shape index (κ3) is 3.31. The van der Waals surface area contributed by atoms with Crippen LogP contribution >= 0.6 is 0 Å². The number of nitrogens with one attached hydrogen (secondary N) is 1. The summed E-state index contributed by atoms with van der Waals surface area (Å²) in [5, 5.41) is 13.0. The van der Waals surface area contributed by atoms with Crippen LogP contribution in [0.1, 0.15) is 65.7 Å². The third-order valence-electron chi connectivity index (χ3n) is 5.69. The highest BCUT2D eigenvalue weighted by Crippen LogP contribution is 2.43. The molecule has 0 aromatic carbocycles. The van der Waals surface area contributed by atoms with Crippen molar-refractivity contribution < 1.29 is 9.90 Å². The van der Waals surface area contributed by atoms with E-state index >= 15 is 0 Å². The average Bonchev–Trinajstić information content (AvgIpc) is 3.20. The van der Waals surface area contributed by atoms with E-state index in [-0.39, 0.29) is 0 Å². The fraction of sp³-hybridized carbons (Fsp3) is 0.938. The van der Waals surface area contributed by atoms with Crippen LogP contribution in [0.2, 0.25) is 0 Å². The lowest BCUT2D eigenvalue weighted by Crippen LogP contribution is -2.55. The summed E-state index contributed by atoms with van der Waals surface area (Å²) in [5.41, 5.74) is -0.288. The second-order valence-corrected chi connectivity index (χ2v) is 7.33. The summed E-state index contributed by atoms with van der Waals surface area (Å²) in [7, 11) is 0. The first-order chi connectivity index (χ1) is 8.89. The Balaban J connectivity index is 1.94. The van der Waals surface area contributed by atoms with Crippen LogP contribution in [0.4, 0.5) is 0 Å².